The maximum absolute atomic E-state index is 12.6. The third-order valence-electron chi connectivity index (χ3n) is 6.57. The molecule has 4 nitrogen and oxygen atoms in total. The highest BCUT2D eigenvalue weighted by atomic mass is 16.2. The molecular formula is C22H27N3O. The van der Waals surface area contributed by atoms with Crippen molar-refractivity contribution in [2.45, 2.75) is 46.1 Å². The molecule has 0 spiro atoms. The largest absolute Gasteiger partial charge is 0.340 e. The molecule has 2 aliphatic rings. The van der Waals surface area contributed by atoms with Crippen LogP contribution in [0.25, 0.3) is 10.9 Å². The molecule has 1 aromatic heterocycles. The fourth-order valence-electron chi connectivity index (χ4n) is 5.07. The van der Waals surface area contributed by atoms with Gasteiger partial charge in [-0.3, -0.25) is 4.79 Å². The molecular weight excluding hydrogens is 322 g/mol. The van der Waals surface area contributed by atoms with Gasteiger partial charge in [0.1, 0.15) is 0 Å². The summed E-state index contributed by atoms with van der Waals surface area (Å²) in [6.07, 6.45) is 8.57. The van der Waals surface area contributed by atoms with Gasteiger partial charge in [-0.2, -0.15) is 5.10 Å². The number of allylic oxidation sites excluding steroid dienone is 1. The van der Waals surface area contributed by atoms with E-state index in [0.717, 1.165) is 23.2 Å². The van der Waals surface area contributed by atoms with Crippen LogP contribution in [0.3, 0.4) is 0 Å². The van der Waals surface area contributed by atoms with Crippen LogP contribution >= 0.6 is 0 Å². The number of para-hydroxylation sites is 1. The Kier molecular flexibility index (Phi) is 4.22. The van der Waals surface area contributed by atoms with Crippen LogP contribution in [0.2, 0.25) is 0 Å². The van der Waals surface area contributed by atoms with Crippen molar-refractivity contribution in [3.63, 3.8) is 0 Å². The molecule has 2 fully saturated rings. The van der Waals surface area contributed by atoms with Gasteiger partial charge in [0, 0.05) is 34.6 Å². The van der Waals surface area contributed by atoms with Gasteiger partial charge in [0.25, 0.3) is 0 Å². The Bertz CT molecular complexity index is 894. The van der Waals surface area contributed by atoms with Crippen molar-refractivity contribution in [2.75, 3.05) is 0 Å². The van der Waals surface area contributed by atoms with Crippen LogP contribution in [0, 0.1) is 24.2 Å². The number of benzene rings is 1. The van der Waals surface area contributed by atoms with Gasteiger partial charge in [0.15, 0.2) is 0 Å². The molecule has 0 saturated heterocycles. The predicted molar refractivity (Wildman–Crippen MR) is 106 cm³/mol. The Morgan fingerprint density at radius 3 is 2.96 bits per heavy atom. The lowest BCUT2D eigenvalue weighted by Gasteiger charge is -2.15. The summed E-state index contributed by atoms with van der Waals surface area (Å²) in [6.45, 7) is 8.96. The van der Waals surface area contributed by atoms with E-state index >= 15 is 0 Å². The number of rotatable bonds is 5. The molecule has 0 radical (unpaired) electrons. The van der Waals surface area contributed by atoms with Gasteiger partial charge in [0.2, 0.25) is 5.91 Å². The summed E-state index contributed by atoms with van der Waals surface area (Å²) in [4.78, 5) is 12.6. The third kappa shape index (κ3) is 2.59. The van der Waals surface area contributed by atoms with Crippen molar-refractivity contribution < 1.29 is 4.79 Å². The summed E-state index contributed by atoms with van der Waals surface area (Å²) >= 11 is 0. The first-order valence-electron chi connectivity index (χ1n) is 9.59. The van der Waals surface area contributed by atoms with Gasteiger partial charge in [-0.15, -0.1) is 6.58 Å². The Morgan fingerprint density at radius 1 is 1.42 bits per heavy atom. The molecule has 136 valence electrons. The van der Waals surface area contributed by atoms with E-state index in [-0.39, 0.29) is 17.2 Å². The van der Waals surface area contributed by atoms with E-state index in [0.29, 0.717) is 5.92 Å². The van der Waals surface area contributed by atoms with Gasteiger partial charge in [-0.05, 0) is 37.2 Å². The van der Waals surface area contributed by atoms with Crippen molar-refractivity contribution in [2.24, 2.45) is 22.4 Å². The second-order valence-corrected chi connectivity index (χ2v) is 7.99. The monoisotopic (exact) mass is 349 g/mol. The molecule has 26 heavy (non-hydrogen) atoms. The molecule has 4 heteroatoms. The first kappa shape index (κ1) is 17.1. The predicted octanol–water partition coefficient (Wildman–Crippen LogP) is 4.41. The number of hydrazone groups is 1. The first-order chi connectivity index (χ1) is 12.6. The molecule has 2 aromatic rings. The second kappa shape index (κ2) is 6.42. The molecule has 2 aliphatic carbocycles. The van der Waals surface area contributed by atoms with Crippen molar-refractivity contribution in [3.8, 4) is 0 Å². The van der Waals surface area contributed by atoms with Crippen molar-refractivity contribution in [1.29, 1.82) is 0 Å². The lowest BCUT2D eigenvalue weighted by Crippen LogP contribution is -2.22. The van der Waals surface area contributed by atoms with Gasteiger partial charge < -0.3 is 4.57 Å². The zero-order valence-corrected chi connectivity index (χ0v) is 15.7. The summed E-state index contributed by atoms with van der Waals surface area (Å²) in [7, 11) is 0. The minimum Gasteiger partial charge on any atom is -0.340 e. The van der Waals surface area contributed by atoms with Gasteiger partial charge in [-0.25, -0.2) is 5.43 Å². The highest BCUT2D eigenvalue weighted by molar-refractivity contribution is 6.01. The molecule has 0 unspecified atom stereocenters. The highest BCUT2D eigenvalue weighted by Crippen LogP contribution is 2.66. The molecule has 1 heterocycles. The standard InChI is InChI=1S/C22H27N3O/c1-4-13-25-15(2)17(16-9-5-6-11-19(16)25)14-23-24-21(26)20-18-10-7-8-12-22(18,20)3/h4-6,9,11,14,18,20H,1,7-8,10,12-13H2,2-3H3,(H,24,26)/b23-14-/t18-,20-,22-/m0/s1. The van der Waals surface area contributed by atoms with Crippen LogP contribution < -0.4 is 5.43 Å². The van der Waals surface area contributed by atoms with Crippen molar-refractivity contribution in [1.82, 2.24) is 9.99 Å². The number of hydrogen-bond acceptors (Lipinski definition) is 2. The zero-order valence-electron chi connectivity index (χ0n) is 15.7. The summed E-state index contributed by atoms with van der Waals surface area (Å²) in [6, 6.07) is 8.28. The fourth-order valence-corrected chi connectivity index (χ4v) is 5.07. The van der Waals surface area contributed by atoms with Crippen LogP contribution in [0.4, 0.5) is 0 Å². The van der Waals surface area contributed by atoms with E-state index in [4.69, 9.17) is 0 Å². The Morgan fingerprint density at radius 2 is 2.23 bits per heavy atom. The molecule has 1 aromatic carbocycles. The van der Waals surface area contributed by atoms with Crippen LogP contribution in [0.15, 0.2) is 42.0 Å². The van der Waals surface area contributed by atoms with E-state index in [9.17, 15) is 4.79 Å². The minimum absolute atomic E-state index is 0.0862. The number of fused-ring (bicyclic) bond motifs is 2. The van der Waals surface area contributed by atoms with E-state index in [1.54, 1.807) is 6.21 Å². The minimum atomic E-state index is 0.0862. The highest BCUT2D eigenvalue weighted by Gasteiger charge is 2.64. The lowest BCUT2D eigenvalue weighted by molar-refractivity contribution is -0.123. The molecule has 0 bridgehead atoms. The fraction of sp³-hybridized carbons (Fsp3) is 0.455. The first-order valence-corrected chi connectivity index (χ1v) is 9.59. The number of nitrogens with one attached hydrogen (secondary N) is 1. The van der Waals surface area contributed by atoms with E-state index < -0.39 is 0 Å². The molecule has 1 amide bonds. The number of carbonyl (C=O) groups is 1. The third-order valence-corrected chi connectivity index (χ3v) is 6.57. The van der Waals surface area contributed by atoms with Crippen LogP contribution in [0.5, 0.6) is 0 Å². The van der Waals surface area contributed by atoms with Gasteiger partial charge >= 0.3 is 0 Å². The summed E-state index contributed by atoms with van der Waals surface area (Å²) < 4.78 is 2.22. The number of hydrogen-bond donors (Lipinski definition) is 1. The lowest BCUT2D eigenvalue weighted by atomic mass is 9.90. The summed E-state index contributed by atoms with van der Waals surface area (Å²) in [5.74, 6) is 0.788. The van der Waals surface area contributed by atoms with Gasteiger partial charge in [-0.1, -0.05) is 44.0 Å². The van der Waals surface area contributed by atoms with E-state index in [1.165, 1.54) is 31.2 Å². The average Bonchev–Trinajstić information content (AvgIpc) is 3.20. The summed E-state index contributed by atoms with van der Waals surface area (Å²) in [5.41, 5.74) is 6.38. The molecule has 4 rings (SSSR count). The van der Waals surface area contributed by atoms with Gasteiger partial charge in [0.05, 0.1) is 6.21 Å². The van der Waals surface area contributed by atoms with Crippen molar-refractivity contribution >= 4 is 23.0 Å². The normalized spacial score (nSPS) is 27.5. The smallest absolute Gasteiger partial charge is 0.244 e. The number of carbonyl (C=O) groups excluding carboxylic acids is 1. The SMILES string of the molecule is C=CCn1c(C)c(/C=N\NC(=O)[C@@H]2[C@@H]3CCCC[C@]23C)c2ccccc21. The Balaban J connectivity index is 1.53. The number of amides is 1. The number of aromatic nitrogens is 1. The zero-order chi connectivity index (χ0) is 18.3. The second-order valence-electron chi connectivity index (χ2n) is 7.99. The maximum atomic E-state index is 12.6. The molecule has 2 saturated carbocycles. The van der Waals surface area contributed by atoms with Crippen LogP contribution in [-0.4, -0.2) is 16.7 Å². The maximum Gasteiger partial charge on any atom is 0.244 e. The summed E-state index contributed by atoms with van der Waals surface area (Å²) in [5, 5.41) is 5.46. The van der Waals surface area contributed by atoms with Crippen molar-refractivity contribution in [3.05, 3.63) is 48.2 Å². The average molecular weight is 349 g/mol. The van der Waals surface area contributed by atoms with E-state index in [2.05, 4.69) is 47.7 Å². The Hall–Kier alpha value is -2.36. The van der Waals surface area contributed by atoms with Crippen LogP contribution in [0.1, 0.15) is 43.9 Å². The molecule has 0 aliphatic heterocycles. The Labute approximate surface area is 155 Å². The number of nitrogens with zero attached hydrogens (tertiary/aromatic N) is 2. The molecule has 3 atom stereocenters. The molecule has 1 N–H and O–H groups in total. The quantitative estimate of drug-likeness (QED) is 0.485. The van der Waals surface area contributed by atoms with E-state index in [1.807, 2.05) is 18.2 Å². The van der Waals surface area contributed by atoms with Crippen LogP contribution in [-0.2, 0) is 11.3 Å². The topological polar surface area (TPSA) is 46.4 Å².